The average Bonchev–Trinajstić information content (AvgIpc) is 3.38. The van der Waals surface area contributed by atoms with Crippen LogP contribution < -0.4 is 14.2 Å². The van der Waals surface area contributed by atoms with Gasteiger partial charge in [0.05, 0.1) is 18.7 Å². The van der Waals surface area contributed by atoms with Crippen LogP contribution in [0, 0.1) is 0 Å². The summed E-state index contributed by atoms with van der Waals surface area (Å²) in [6.07, 6.45) is 13.5. The van der Waals surface area contributed by atoms with E-state index in [9.17, 15) is 0 Å². The minimum atomic E-state index is 0.0837. The van der Waals surface area contributed by atoms with Crippen molar-refractivity contribution in [3.8, 4) is 28.6 Å². The highest BCUT2D eigenvalue weighted by atomic mass is 16.5. The Bertz CT molecular complexity index is 1900. The van der Waals surface area contributed by atoms with E-state index in [0.717, 1.165) is 67.4 Å². The maximum atomic E-state index is 6.18. The van der Waals surface area contributed by atoms with Crippen molar-refractivity contribution in [1.82, 2.24) is 19.5 Å². The van der Waals surface area contributed by atoms with Gasteiger partial charge in [-0.25, -0.2) is 9.97 Å². The fourth-order valence-corrected chi connectivity index (χ4v) is 6.07. The van der Waals surface area contributed by atoms with Gasteiger partial charge in [-0.2, -0.15) is 0 Å². The molecular weight excluding hydrogens is 588 g/mol. The number of hydrogen-bond donors (Lipinski definition) is 0. The number of rotatable bonds is 15. The summed E-state index contributed by atoms with van der Waals surface area (Å²) in [5.74, 6) is 2.01. The molecule has 0 saturated heterocycles. The molecule has 4 aromatic heterocycles. The molecule has 8 heteroatoms. The number of aryl methyl sites for hydroxylation is 1. The molecule has 0 unspecified atom stereocenters. The number of fused-ring (bicyclic) bond motifs is 3. The van der Waals surface area contributed by atoms with Crippen LogP contribution in [0.1, 0.15) is 44.1 Å². The second-order valence-electron chi connectivity index (χ2n) is 12.2. The van der Waals surface area contributed by atoms with Crippen LogP contribution >= 0.6 is 0 Å². The molecule has 1 aliphatic carbocycles. The third-order valence-corrected chi connectivity index (χ3v) is 8.77. The Labute approximate surface area is 275 Å². The smallest absolute Gasteiger partial charge is 0.216 e. The molecule has 1 aliphatic rings. The predicted molar refractivity (Wildman–Crippen MR) is 184 cm³/mol. The largest absolute Gasteiger partial charge is 0.490 e. The lowest BCUT2D eigenvalue weighted by Crippen LogP contribution is -2.41. The molecule has 0 bridgehead atoms. The normalized spacial score (nSPS) is 15.9. The molecule has 2 aromatic carbocycles. The van der Waals surface area contributed by atoms with E-state index in [1.54, 1.807) is 6.20 Å². The standard InChI is InChI=1S/C39H40N4O4/c1-43-36-16-17-40-26-35(36)34-13-11-29(21-37(34)43)30-12-14-38(42-25-30)47-33-22-32(23-33)46-31-15-18-41-39(24-31)45-20-8-3-2-7-19-44-27-28-9-5-4-6-10-28/h4-6,9-18,21,24-26,32-33H,2-3,7-8,19-20,22-23,27H2,1H3/t32-,33-. The van der Waals surface area contributed by atoms with Gasteiger partial charge in [0.2, 0.25) is 11.8 Å². The molecule has 1 saturated carbocycles. The molecular formula is C39H40N4O4. The van der Waals surface area contributed by atoms with Gasteiger partial charge in [-0.1, -0.05) is 48.9 Å². The molecule has 0 radical (unpaired) electrons. The fraction of sp³-hybridized carbons (Fsp3) is 0.308. The molecule has 7 rings (SSSR count). The van der Waals surface area contributed by atoms with Crippen molar-refractivity contribution >= 4 is 21.8 Å². The van der Waals surface area contributed by atoms with Crippen molar-refractivity contribution in [2.45, 2.75) is 57.3 Å². The van der Waals surface area contributed by atoms with E-state index in [2.05, 4.69) is 69.0 Å². The molecule has 0 aliphatic heterocycles. The first-order valence-corrected chi connectivity index (χ1v) is 16.5. The lowest BCUT2D eigenvalue weighted by molar-refractivity contribution is 0.00212. The number of pyridine rings is 3. The van der Waals surface area contributed by atoms with Crippen molar-refractivity contribution < 1.29 is 18.9 Å². The van der Waals surface area contributed by atoms with Crippen LogP contribution in [0.2, 0.25) is 0 Å². The number of benzene rings is 2. The Morgan fingerprint density at radius 2 is 1.51 bits per heavy atom. The highest BCUT2D eigenvalue weighted by Crippen LogP contribution is 2.33. The van der Waals surface area contributed by atoms with Gasteiger partial charge in [0.25, 0.3) is 0 Å². The third-order valence-electron chi connectivity index (χ3n) is 8.77. The maximum absolute atomic E-state index is 6.18. The van der Waals surface area contributed by atoms with E-state index < -0.39 is 0 Å². The van der Waals surface area contributed by atoms with Gasteiger partial charge in [0.1, 0.15) is 18.0 Å². The van der Waals surface area contributed by atoms with Crippen molar-refractivity contribution in [2.75, 3.05) is 13.2 Å². The van der Waals surface area contributed by atoms with Gasteiger partial charge in [0, 0.05) is 85.3 Å². The molecule has 0 N–H and O–H groups in total. The summed E-state index contributed by atoms with van der Waals surface area (Å²) in [7, 11) is 2.09. The first kappa shape index (κ1) is 30.7. The fourth-order valence-electron chi connectivity index (χ4n) is 6.07. The number of unbranched alkanes of at least 4 members (excludes halogenated alkanes) is 3. The Hall–Kier alpha value is -4.95. The Morgan fingerprint density at radius 3 is 2.36 bits per heavy atom. The van der Waals surface area contributed by atoms with Gasteiger partial charge in [-0.3, -0.25) is 4.98 Å². The average molecular weight is 629 g/mol. The SMILES string of the molecule is Cn1c2ccncc2c2ccc(-c3ccc(O[C@H]4C[C@H](Oc5ccnc(OCCCCCCOCc6ccccc6)c5)C4)nc3)cc21. The molecule has 240 valence electrons. The zero-order valence-electron chi connectivity index (χ0n) is 26.8. The number of hydrogen-bond acceptors (Lipinski definition) is 7. The van der Waals surface area contributed by atoms with Gasteiger partial charge in [0.15, 0.2) is 0 Å². The van der Waals surface area contributed by atoms with Crippen LogP contribution in [-0.4, -0.2) is 44.9 Å². The summed E-state index contributed by atoms with van der Waals surface area (Å²) in [4.78, 5) is 13.3. The Kier molecular flexibility index (Phi) is 9.56. The van der Waals surface area contributed by atoms with E-state index in [1.165, 1.54) is 22.0 Å². The van der Waals surface area contributed by atoms with Crippen LogP contribution in [0.15, 0.2) is 104 Å². The van der Waals surface area contributed by atoms with E-state index in [1.807, 2.05) is 55.0 Å². The van der Waals surface area contributed by atoms with Crippen LogP contribution in [0.3, 0.4) is 0 Å². The van der Waals surface area contributed by atoms with Crippen molar-refractivity contribution in [2.24, 2.45) is 7.05 Å². The summed E-state index contributed by atoms with van der Waals surface area (Å²) < 4.78 is 26.2. The van der Waals surface area contributed by atoms with E-state index >= 15 is 0 Å². The van der Waals surface area contributed by atoms with Crippen molar-refractivity contribution in [3.05, 3.63) is 109 Å². The highest BCUT2D eigenvalue weighted by Gasteiger charge is 2.33. The molecule has 0 spiro atoms. The molecule has 8 nitrogen and oxygen atoms in total. The van der Waals surface area contributed by atoms with Gasteiger partial charge >= 0.3 is 0 Å². The maximum Gasteiger partial charge on any atom is 0.216 e. The van der Waals surface area contributed by atoms with Gasteiger partial charge < -0.3 is 23.5 Å². The first-order valence-electron chi connectivity index (χ1n) is 16.5. The summed E-state index contributed by atoms with van der Waals surface area (Å²) in [5, 5.41) is 2.37. The Morgan fingerprint density at radius 1 is 0.681 bits per heavy atom. The molecule has 0 amide bonds. The zero-order chi connectivity index (χ0) is 31.8. The minimum absolute atomic E-state index is 0.0837. The van der Waals surface area contributed by atoms with Crippen molar-refractivity contribution in [3.63, 3.8) is 0 Å². The first-order chi connectivity index (χ1) is 23.2. The van der Waals surface area contributed by atoms with Crippen LogP contribution in [0.25, 0.3) is 32.9 Å². The van der Waals surface area contributed by atoms with E-state index in [4.69, 9.17) is 18.9 Å². The van der Waals surface area contributed by atoms with Crippen LogP contribution in [0.5, 0.6) is 17.5 Å². The predicted octanol–water partition coefficient (Wildman–Crippen LogP) is 8.33. The van der Waals surface area contributed by atoms with Gasteiger partial charge in [-0.05, 0) is 54.7 Å². The zero-order valence-corrected chi connectivity index (χ0v) is 26.8. The summed E-state index contributed by atoms with van der Waals surface area (Å²) in [6, 6.07) is 26.6. The summed E-state index contributed by atoms with van der Waals surface area (Å²) in [6.45, 7) is 2.11. The lowest BCUT2D eigenvalue weighted by atomic mass is 9.92. The monoisotopic (exact) mass is 628 g/mol. The number of aromatic nitrogens is 4. The molecule has 4 heterocycles. The van der Waals surface area contributed by atoms with Crippen LogP contribution in [-0.2, 0) is 18.4 Å². The summed E-state index contributed by atoms with van der Waals surface area (Å²) >= 11 is 0. The number of ether oxygens (including phenoxy) is 4. The molecule has 0 atom stereocenters. The minimum Gasteiger partial charge on any atom is -0.490 e. The molecule has 47 heavy (non-hydrogen) atoms. The molecule has 1 fully saturated rings. The highest BCUT2D eigenvalue weighted by molar-refractivity contribution is 6.08. The molecule has 6 aromatic rings. The Balaban J connectivity index is 0.808. The summed E-state index contributed by atoms with van der Waals surface area (Å²) in [5.41, 5.74) is 5.74. The second kappa shape index (κ2) is 14.6. The van der Waals surface area contributed by atoms with Crippen molar-refractivity contribution in [1.29, 1.82) is 0 Å². The second-order valence-corrected chi connectivity index (χ2v) is 12.2. The van der Waals surface area contributed by atoms with Crippen LogP contribution in [0.4, 0.5) is 0 Å². The number of nitrogens with zero attached hydrogens (tertiary/aromatic N) is 4. The quantitative estimate of drug-likeness (QED) is 0.106. The van der Waals surface area contributed by atoms with Gasteiger partial charge in [-0.15, -0.1) is 0 Å². The third kappa shape index (κ3) is 7.55. The lowest BCUT2D eigenvalue weighted by Gasteiger charge is -2.35. The van der Waals surface area contributed by atoms with E-state index in [-0.39, 0.29) is 12.2 Å². The van der Waals surface area contributed by atoms with E-state index in [0.29, 0.717) is 25.0 Å². The topological polar surface area (TPSA) is 80.5 Å².